The fourth-order valence-electron chi connectivity index (χ4n) is 11.7. The average molecular weight is 1240 g/mol. The summed E-state index contributed by atoms with van der Waals surface area (Å²) in [5.74, 6) is 9.23. The van der Waals surface area contributed by atoms with Gasteiger partial charge in [-0.3, -0.25) is 0 Å². The van der Waals surface area contributed by atoms with Crippen LogP contribution in [0.3, 0.4) is 0 Å². The molecule has 5 heteroatoms. The van der Waals surface area contributed by atoms with Crippen LogP contribution in [0.2, 0.25) is 0 Å². The van der Waals surface area contributed by atoms with Crippen LogP contribution in [-0.4, -0.2) is 4.70 Å². The van der Waals surface area contributed by atoms with Crippen molar-refractivity contribution in [1.29, 1.82) is 0 Å². The third kappa shape index (κ3) is 31.4. The van der Waals surface area contributed by atoms with Gasteiger partial charge in [-0.2, -0.15) is 0 Å². The summed E-state index contributed by atoms with van der Waals surface area (Å²) >= 11 is -0.207. The van der Waals surface area contributed by atoms with E-state index in [1.807, 2.05) is 60.7 Å². The minimum atomic E-state index is -0.207. The van der Waals surface area contributed by atoms with Crippen molar-refractivity contribution in [3.05, 3.63) is 147 Å². The van der Waals surface area contributed by atoms with Crippen molar-refractivity contribution < 1.29 is 30.3 Å². The van der Waals surface area contributed by atoms with E-state index in [0.717, 1.165) is 85.4 Å². The Kier molecular flexibility index (Phi) is 42.0. The molecule has 4 nitrogen and oxygen atoms in total. The first-order valence-electron chi connectivity index (χ1n) is 35.2. The Labute approximate surface area is 526 Å². The second-order valence-electron chi connectivity index (χ2n) is 24.5. The van der Waals surface area contributed by atoms with E-state index in [2.05, 4.69) is 89.8 Å². The molecule has 0 aliphatic carbocycles. The summed E-state index contributed by atoms with van der Waals surface area (Å²) in [5, 5.41) is 0. The van der Waals surface area contributed by atoms with Crippen LogP contribution in [0.25, 0.3) is 16.9 Å². The van der Waals surface area contributed by atoms with Crippen LogP contribution in [0.1, 0.15) is 325 Å². The third-order valence-electron chi connectivity index (χ3n) is 16.8. The number of para-hydroxylation sites is 2. The average Bonchev–Trinajstić information content (AvgIpc) is 2.34. The number of hydrogen-bond acceptors (Lipinski definition) is 2. The van der Waals surface area contributed by atoms with E-state index in [1.54, 1.807) is 4.70 Å². The number of rotatable bonds is 48. The first kappa shape index (κ1) is 72.3. The summed E-state index contributed by atoms with van der Waals surface area (Å²) in [6.45, 7) is 13.8. The molecule has 5 rings (SSSR count). The quantitative estimate of drug-likeness (QED) is 0.0191. The van der Waals surface area contributed by atoms with Gasteiger partial charge >= 0.3 is 97.8 Å². The van der Waals surface area contributed by atoms with Crippen molar-refractivity contribution >= 4 is 11.4 Å². The van der Waals surface area contributed by atoms with E-state index < -0.39 is 0 Å². The van der Waals surface area contributed by atoms with Gasteiger partial charge in [0.2, 0.25) is 11.4 Å². The van der Waals surface area contributed by atoms with Gasteiger partial charge in [0.1, 0.15) is 5.57 Å². The van der Waals surface area contributed by atoms with Crippen molar-refractivity contribution in [1.82, 2.24) is 0 Å². The first-order chi connectivity index (χ1) is 41.5. The van der Waals surface area contributed by atoms with Crippen molar-refractivity contribution in [3.63, 3.8) is 0 Å². The standard InChI is InChI=1S/C67H110N2.2C6H6O.Pd/c1-7-13-19-21-23-24-25-26-27-28-29-30-31-32-33-34-35-36-37-38-39-40-41-43-45-51-65-64(50-44-42-22-20-14-8-2)66(62-54-58(46-15-9-3)52-59(55-62)47-16-10-4)69(68)67(65)63-56-60(48-17-11-5)53-61(57-63)49-18-12-6;2*7-6-4-2-1-3-5-6;/h52-57H,7-44,46-50H2,1-6H3;2*1-5,7H;/q;;;+2/p-2. The zero-order valence-electron chi connectivity index (χ0n) is 54.7. The topological polar surface area (TPSA) is 43.8 Å². The van der Waals surface area contributed by atoms with Crippen molar-refractivity contribution in [2.24, 2.45) is 0 Å². The Bertz CT molecular complexity index is 2330. The van der Waals surface area contributed by atoms with Crippen LogP contribution in [0, 0.1) is 11.8 Å². The second-order valence-corrected chi connectivity index (χ2v) is 25.4. The van der Waals surface area contributed by atoms with Crippen LogP contribution >= 0.6 is 0 Å². The summed E-state index contributed by atoms with van der Waals surface area (Å²) in [6.07, 6.45) is 55.7. The Morgan fingerprint density at radius 3 is 1.00 bits per heavy atom. The fraction of sp³-hybridized carbons (Fsp3) is 0.620. The van der Waals surface area contributed by atoms with Gasteiger partial charge < -0.3 is 5.53 Å². The number of unbranched alkanes of at least 4 members (excludes halogenated alkanes) is 32. The first-order valence-corrected chi connectivity index (χ1v) is 36.5. The van der Waals surface area contributed by atoms with E-state index in [4.69, 9.17) is 6.92 Å². The number of allylic oxidation sites excluding steroid dienone is 2. The molecule has 0 saturated heterocycles. The van der Waals surface area contributed by atoms with Crippen LogP contribution in [0.5, 0.6) is 11.5 Å². The molecule has 0 atom stereocenters. The Balaban J connectivity index is 0.000000864. The molecule has 0 fully saturated rings. The summed E-state index contributed by atoms with van der Waals surface area (Å²) in [5.41, 5.74) is 25.0. The molecule has 0 spiro atoms. The monoisotopic (exact) mass is 1230 g/mol. The van der Waals surface area contributed by atoms with E-state index in [0.29, 0.717) is 0 Å². The summed E-state index contributed by atoms with van der Waals surface area (Å²) in [4.78, 5) is 0. The van der Waals surface area contributed by atoms with Gasteiger partial charge in [0, 0.05) is 23.1 Å². The molecule has 1 aliphatic heterocycles. The number of hydrogen-bond donors (Lipinski definition) is 0. The second kappa shape index (κ2) is 48.8. The van der Waals surface area contributed by atoms with Gasteiger partial charge in [0.05, 0.1) is 0 Å². The predicted molar refractivity (Wildman–Crippen MR) is 361 cm³/mol. The van der Waals surface area contributed by atoms with E-state index in [9.17, 15) is 5.53 Å². The van der Waals surface area contributed by atoms with Gasteiger partial charge in [0.25, 0.3) is 0 Å². The van der Waals surface area contributed by atoms with E-state index >= 15 is 0 Å². The molecule has 4 aromatic rings. The van der Waals surface area contributed by atoms with Crippen molar-refractivity contribution in [3.8, 4) is 23.3 Å². The maximum atomic E-state index is 12.8. The molecule has 0 radical (unpaired) electrons. The normalized spacial score (nSPS) is 12.2. The molecule has 1 heterocycles. The van der Waals surface area contributed by atoms with Gasteiger partial charge in [0.15, 0.2) is 0 Å². The van der Waals surface area contributed by atoms with E-state index in [-0.39, 0.29) is 18.7 Å². The molecular weight excluding hydrogens is 1120 g/mol. The molecule has 468 valence electrons. The summed E-state index contributed by atoms with van der Waals surface area (Å²) < 4.78 is 12.5. The molecule has 0 amide bonds. The Morgan fingerprint density at radius 2 is 0.655 bits per heavy atom. The molecule has 0 aromatic heterocycles. The SMILES string of the molecule is CCCCCCCCCCCCCCCCCCCCCCCCCC#CC1=C(c2cc(CCCC)cc(CCCC)c2)[N+](=[N-])C(c2cc(CCCC)cc(CCCC)c2)=C1CCCCCCCC.c1ccc([O][Pd][O]c2ccccc2)cc1. The van der Waals surface area contributed by atoms with Crippen LogP contribution in [-0.2, 0) is 44.4 Å². The summed E-state index contributed by atoms with van der Waals surface area (Å²) in [7, 11) is 0. The minimum absolute atomic E-state index is 0.207. The fourth-order valence-corrected chi connectivity index (χ4v) is 12.5. The van der Waals surface area contributed by atoms with Gasteiger partial charge in [-0.1, -0.05) is 265 Å². The van der Waals surface area contributed by atoms with Crippen molar-refractivity contribution in [2.75, 3.05) is 0 Å². The molecule has 0 bridgehead atoms. The number of nitrogens with zero attached hydrogens (tertiary/aromatic N) is 2. The number of aryl methyl sites for hydroxylation is 4. The van der Waals surface area contributed by atoms with Crippen LogP contribution in [0.4, 0.5) is 0 Å². The molecule has 84 heavy (non-hydrogen) atoms. The molecule has 0 N–H and O–H groups in total. The zero-order chi connectivity index (χ0) is 59.8. The van der Waals surface area contributed by atoms with Crippen molar-refractivity contribution in [2.45, 2.75) is 318 Å². The maximum absolute atomic E-state index is 12.8. The molecule has 0 unspecified atom stereocenters. The van der Waals surface area contributed by atoms with Gasteiger partial charge in [-0.05, 0) is 117 Å². The van der Waals surface area contributed by atoms with Crippen LogP contribution in [0.15, 0.2) is 108 Å². The van der Waals surface area contributed by atoms with Gasteiger partial charge in [-0.15, -0.1) is 0 Å². The third-order valence-corrected chi connectivity index (χ3v) is 17.8. The Hall–Kier alpha value is -4.22. The molecule has 0 saturated carbocycles. The Morgan fingerprint density at radius 1 is 0.345 bits per heavy atom. The summed E-state index contributed by atoms with van der Waals surface area (Å²) in [6, 6.07) is 33.8. The molecular formula is C79H120N2O2Pd. The zero-order valence-corrected chi connectivity index (χ0v) is 56.2. The molecule has 4 aromatic carbocycles. The van der Waals surface area contributed by atoms with E-state index in [1.165, 1.54) is 258 Å². The number of benzene rings is 4. The predicted octanol–water partition coefficient (Wildman–Crippen LogP) is 25.4. The molecule has 1 aliphatic rings. The van der Waals surface area contributed by atoms with Gasteiger partial charge in [-0.25, -0.2) is 4.70 Å². The van der Waals surface area contributed by atoms with Crippen LogP contribution < -0.4 is 6.92 Å².